The van der Waals surface area contributed by atoms with Crippen molar-refractivity contribution in [2.24, 2.45) is 0 Å². The van der Waals surface area contributed by atoms with Gasteiger partial charge in [0.1, 0.15) is 17.4 Å². The van der Waals surface area contributed by atoms with E-state index >= 15 is 0 Å². The fourth-order valence-electron chi connectivity index (χ4n) is 1.78. The van der Waals surface area contributed by atoms with Crippen molar-refractivity contribution < 1.29 is 9.39 Å². The van der Waals surface area contributed by atoms with E-state index in [1.54, 1.807) is 25.8 Å². The van der Waals surface area contributed by atoms with Crippen LogP contribution in [-0.2, 0) is 11.3 Å². The van der Waals surface area contributed by atoms with Gasteiger partial charge in [-0.1, -0.05) is 6.07 Å². The monoisotopic (exact) mass is 235 g/mol. The summed E-state index contributed by atoms with van der Waals surface area (Å²) in [4.78, 5) is 4.05. The Morgan fingerprint density at radius 1 is 1.39 bits per heavy atom. The molecule has 2 heterocycles. The van der Waals surface area contributed by atoms with Gasteiger partial charge < -0.3 is 9.39 Å². The Bertz CT molecular complexity index is 637. The average Bonchev–Trinajstić information content (AvgIpc) is 2.87. The summed E-state index contributed by atoms with van der Waals surface area (Å²) in [7, 11) is 1.72. The summed E-state index contributed by atoms with van der Waals surface area (Å²) in [6.45, 7) is 0.555. The summed E-state index contributed by atoms with van der Waals surface area (Å²) in [5.74, 6) is 0.977. The molecular formula is C13H8BN2O2. The molecule has 0 unspecified atom stereocenters. The molecule has 0 amide bonds. The molecule has 1 aliphatic rings. The summed E-state index contributed by atoms with van der Waals surface area (Å²) >= 11 is 0. The molecule has 1 aromatic carbocycles. The van der Waals surface area contributed by atoms with Crippen molar-refractivity contribution in [1.29, 1.82) is 5.26 Å². The van der Waals surface area contributed by atoms with E-state index in [0.29, 0.717) is 23.8 Å². The van der Waals surface area contributed by atoms with Crippen LogP contribution in [0.3, 0.4) is 0 Å². The van der Waals surface area contributed by atoms with E-state index in [4.69, 9.17) is 14.7 Å². The molecule has 0 bridgehead atoms. The molecule has 1 aliphatic heterocycles. The fraction of sp³-hybridized carbons (Fsp3) is 0.0769. The van der Waals surface area contributed by atoms with Crippen LogP contribution in [0, 0.1) is 11.3 Å². The summed E-state index contributed by atoms with van der Waals surface area (Å²) in [6.07, 6.45) is 1.60. The van der Waals surface area contributed by atoms with E-state index in [2.05, 4.69) is 4.98 Å². The van der Waals surface area contributed by atoms with Gasteiger partial charge in [0, 0.05) is 6.20 Å². The topological polar surface area (TPSA) is 55.1 Å². The number of pyridine rings is 1. The van der Waals surface area contributed by atoms with E-state index in [-0.39, 0.29) is 0 Å². The second-order valence-electron chi connectivity index (χ2n) is 3.86. The van der Waals surface area contributed by atoms with Crippen LogP contribution in [0.5, 0.6) is 11.6 Å². The minimum absolute atomic E-state index is 0.322. The lowest BCUT2D eigenvalue weighted by Gasteiger charge is -2.07. The van der Waals surface area contributed by atoms with Gasteiger partial charge in [-0.3, -0.25) is 0 Å². The minimum Gasteiger partial charge on any atom is -0.438 e. The average molecular weight is 235 g/mol. The Balaban J connectivity index is 1.91. The van der Waals surface area contributed by atoms with Crippen LogP contribution < -0.4 is 10.2 Å². The lowest BCUT2D eigenvalue weighted by Crippen LogP contribution is -2.10. The van der Waals surface area contributed by atoms with Crippen LogP contribution in [0.1, 0.15) is 11.1 Å². The van der Waals surface area contributed by atoms with Gasteiger partial charge in [0.25, 0.3) is 0 Å². The molecule has 1 aromatic heterocycles. The van der Waals surface area contributed by atoms with Crippen LogP contribution >= 0.6 is 0 Å². The second kappa shape index (κ2) is 4.51. The molecular weight excluding hydrogens is 227 g/mol. The van der Waals surface area contributed by atoms with Crippen LogP contribution in [0.15, 0.2) is 36.5 Å². The number of rotatable bonds is 2. The van der Waals surface area contributed by atoms with Crippen molar-refractivity contribution in [3.63, 3.8) is 0 Å². The van der Waals surface area contributed by atoms with Gasteiger partial charge in [-0.05, 0) is 35.3 Å². The number of fused-ring (bicyclic) bond motifs is 1. The van der Waals surface area contributed by atoms with Gasteiger partial charge in [0.05, 0.1) is 6.61 Å². The standard InChI is InChI=1S/C13H8BN2O2/c15-7-9-2-1-5-16-13(9)18-11-3-4-12-10(6-11)8-17-14-12/h1-6H,8H2. The van der Waals surface area contributed by atoms with Crippen molar-refractivity contribution in [2.45, 2.75) is 6.61 Å². The molecule has 3 rings (SSSR count). The molecule has 18 heavy (non-hydrogen) atoms. The van der Waals surface area contributed by atoms with E-state index in [0.717, 1.165) is 11.0 Å². The zero-order valence-corrected chi connectivity index (χ0v) is 9.46. The molecule has 0 saturated carbocycles. The molecule has 0 atom stereocenters. The number of nitrogens with zero attached hydrogens (tertiary/aromatic N) is 2. The first kappa shape index (κ1) is 10.8. The number of hydrogen-bond acceptors (Lipinski definition) is 4. The molecule has 85 valence electrons. The van der Waals surface area contributed by atoms with Crippen molar-refractivity contribution >= 4 is 12.9 Å². The maximum atomic E-state index is 8.96. The lowest BCUT2D eigenvalue weighted by molar-refractivity contribution is 0.344. The summed E-state index contributed by atoms with van der Waals surface area (Å²) in [6, 6.07) is 11.1. The first-order chi connectivity index (χ1) is 8.86. The third-order valence-corrected chi connectivity index (χ3v) is 2.67. The fourth-order valence-corrected chi connectivity index (χ4v) is 1.78. The largest absolute Gasteiger partial charge is 0.438 e. The number of hydrogen-bond donors (Lipinski definition) is 0. The van der Waals surface area contributed by atoms with E-state index in [9.17, 15) is 0 Å². The van der Waals surface area contributed by atoms with E-state index < -0.39 is 0 Å². The zero-order valence-electron chi connectivity index (χ0n) is 9.46. The van der Waals surface area contributed by atoms with Gasteiger partial charge in [-0.15, -0.1) is 0 Å². The van der Waals surface area contributed by atoms with Gasteiger partial charge in [0.2, 0.25) is 5.88 Å². The molecule has 1 radical (unpaired) electrons. The first-order valence-electron chi connectivity index (χ1n) is 5.47. The number of ether oxygens (including phenoxy) is 1. The molecule has 0 spiro atoms. The highest BCUT2D eigenvalue weighted by Crippen LogP contribution is 2.23. The van der Waals surface area contributed by atoms with Crippen LogP contribution in [0.2, 0.25) is 0 Å². The van der Waals surface area contributed by atoms with Crippen molar-refractivity contribution in [3.05, 3.63) is 47.7 Å². The Hall–Kier alpha value is -2.32. The Labute approximate surface area is 105 Å². The van der Waals surface area contributed by atoms with Crippen LogP contribution in [0.4, 0.5) is 0 Å². The predicted molar refractivity (Wildman–Crippen MR) is 65.6 cm³/mol. The smallest absolute Gasteiger partial charge is 0.330 e. The highest BCUT2D eigenvalue weighted by molar-refractivity contribution is 6.48. The first-order valence-corrected chi connectivity index (χ1v) is 5.47. The van der Waals surface area contributed by atoms with Crippen molar-refractivity contribution in [2.75, 3.05) is 0 Å². The Kier molecular flexibility index (Phi) is 2.71. The summed E-state index contributed by atoms with van der Waals surface area (Å²) in [5.41, 5.74) is 2.55. The molecule has 0 N–H and O–H groups in total. The van der Waals surface area contributed by atoms with E-state index in [1.165, 1.54) is 0 Å². The maximum Gasteiger partial charge on any atom is 0.330 e. The highest BCUT2D eigenvalue weighted by Gasteiger charge is 2.14. The molecule has 0 aliphatic carbocycles. The van der Waals surface area contributed by atoms with Crippen molar-refractivity contribution in [1.82, 2.24) is 4.98 Å². The number of aromatic nitrogens is 1. The molecule has 4 nitrogen and oxygen atoms in total. The molecule has 5 heteroatoms. The highest BCUT2D eigenvalue weighted by atomic mass is 16.5. The SMILES string of the molecule is N#Cc1cccnc1Oc1ccc2c(c1)CO[B]2. The van der Waals surface area contributed by atoms with Crippen LogP contribution in [0.25, 0.3) is 0 Å². The summed E-state index contributed by atoms with van der Waals surface area (Å²) < 4.78 is 10.8. The molecule has 2 aromatic rings. The zero-order chi connectivity index (χ0) is 12.4. The third-order valence-electron chi connectivity index (χ3n) is 2.67. The number of nitriles is 1. The molecule has 0 saturated heterocycles. The normalized spacial score (nSPS) is 12.4. The summed E-state index contributed by atoms with van der Waals surface area (Å²) in [5, 5.41) is 8.96. The second-order valence-corrected chi connectivity index (χ2v) is 3.86. The maximum absolute atomic E-state index is 8.96. The van der Waals surface area contributed by atoms with Gasteiger partial charge in [-0.25, -0.2) is 4.98 Å². The Morgan fingerprint density at radius 2 is 2.33 bits per heavy atom. The third kappa shape index (κ3) is 1.94. The van der Waals surface area contributed by atoms with Gasteiger partial charge in [0.15, 0.2) is 0 Å². The van der Waals surface area contributed by atoms with E-state index in [1.807, 2.05) is 24.3 Å². The molecule has 0 fully saturated rings. The van der Waals surface area contributed by atoms with Crippen molar-refractivity contribution in [3.8, 4) is 17.7 Å². The minimum atomic E-state index is 0.322. The quantitative estimate of drug-likeness (QED) is 0.740. The Morgan fingerprint density at radius 3 is 3.22 bits per heavy atom. The van der Waals surface area contributed by atoms with Gasteiger partial charge >= 0.3 is 7.48 Å². The van der Waals surface area contributed by atoms with Crippen LogP contribution in [-0.4, -0.2) is 12.5 Å². The number of benzene rings is 1. The predicted octanol–water partition coefficient (Wildman–Crippen LogP) is 1.52. The lowest BCUT2D eigenvalue weighted by atomic mass is 9.87. The van der Waals surface area contributed by atoms with Gasteiger partial charge in [-0.2, -0.15) is 5.26 Å².